The SMILES string of the molecule is CC(C)C(O)C1c2cc(N3C=C4c5ccccc5C(C5(O)CC(F)(F)C5)N4C3)ccc2C2=CN(c3ccc4c(c3)C(C(O)C3CC3)n3cncc3-4)CN21. The van der Waals surface area contributed by atoms with Gasteiger partial charge in [0.15, 0.2) is 0 Å². The molecule has 1 aromatic heterocycles. The Hall–Kier alpha value is -4.71. The van der Waals surface area contributed by atoms with Gasteiger partial charge in [-0.05, 0) is 65.6 Å². The second kappa shape index (κ2) is 10.7. The second-order valence-corrected chi connectivity index (χ2v) is 16.7. The Labute approximate surface area is 306 Å². The molecule has 6 heterocycles. The molecule has 4 aromatic rings. The van der Waals surface area contributed by atoms with Crippen LogP contribution in [0.15, 0.2) is 85.6 Å². The summed E-state index contributed by atoms with van der Waals surface area (Å²) in [6, 6.07) is 19.7. The van der Waals surface area contributed by atoms with Gasteiger partial charge in [0.1, 0.15) is 5.60 Å². The first-order chi connectivity index (χ1) is 25.5. The Kier molecular flexibility index (Phi) is 6.42. The van der Waals surface area contributed by atoms with Crippen LogP contribution in [0.3, 0.4) is 0 Å². The van der Waals surface area contributed by atoms with Crippen LogP contribution >= 0.6 is 0 Å². The number of nitrogens with zero attached hydrogens (tertiary/aromatic N) is 6. The number of aromatic nitrogens is 2. The van der Waals surface area contributed by atoms with E-state index in [0.29, 0.717) is 19.3 Å². The Morgan fingerprint density at radius 3 is 2.08 bits per heavy atom. The van der Waals surface area contributed by atoms with Crippen molar-refractivity contribution in [2.24, 2.45) is 11.8 Å². The fourth-order valence-electron chi connectivity index (χ4n) is 10.2. The summed E-state index contributed by atoms with van der Waals surface area (Å²) in [6.45, 7) is 5.09. The van der Waals surface area contributed by atoms with Gasteiger partial charge in [0.2, 0.25) is 0 Å². The van der Waals surface area contributed by atoms with Crippen molar-refractivity contribution in [1.82, 2.24) is 19.4 Å². The van der Waals surface area contributed by atoms with Crippen molar-refractivity contribution in [2.45, 2.75) is 81.4 Å². The number of fused-ring (bicyclic) bond motifs is 9. The quantitative estimate of drug-likeness (QED) is 0.196. The molecule has 53 heavy (non-hydrogen) atoms. The third-order valence-corrected chi connectivity index (χ3v) is 12.9. The third-order valence-electron chi connectivity index (χ3n) is 12.9. The highest BCUT2D eigenvalue weighted by Crippen LogP contribution is 2.59. The van der Waals surface area contributed by atoms with Gasteiger partial charge < -0.3 is 39.5 Å². The Morgan fingerprint density at radius 2 is 1.40 bits per heavy atom. The zero-order valence-electron chi connectivity index (χ0n) is 29.6. The maximum Gasteiger partial charge on any atom is 0.253 e. The van der Waals surface area contributed by atoms with Gasteiger partial charge in [-0.1, -0.05) is 50.2 Å². The molecular formula is C42H42F2N6O3. The smallest absolute Gasteiger partial charge is 0.253 e. The van der Waals surface area contributed by atoms with Gasteiger partial charge in [-0.15, -0.1) is 0 Å². The average Bonchev–Trinajstić information content (AvgIpc) is 3.54. The predicted octanol–water partition coefficient (Wildman–Crippen LogP) is 6.67. The van der Waals surface area contributed by atoms with Gasteiger partial charge in [0, 0.05) is 53.3 Å². The van der Waals surface area contributed by atoms with Crippen molar-refractivity contribution in [2.75, 3.05) is 23.1 Å². The molecule has 7 aliphatic rings. The third kappa shape index (κ3) is 4.47. The van der Waals surface area contributed by atoms with Crippen molar-refractivity contribution in [1.29, 1.82) is 0 Å². The summed E-state index contributed by atoms with van der Waals surface area (Å²) >= 11 is 0. The van der Waals surface area contributed by atoms with E-state index in [2.05, 4.69) is 77.9 Å². The Bertz CT molecular complexity index is 2250. The molecule has 0 saturated heterocycles. The molecule has 3 N–H and O–H groups in total. The van der Waals surface area contributed by atoms with Crippen LogP contribution in [0.5, 0.6) is 0 Å². The first kappa shape index (κ1) is 31.8. The summed E-state index contributed by atoms with van der Waals surface area (Å²) in [7, 11) is 0. The van der Waals surface area contributed by atoms with Crippen LogP contribution in [-0.2, 0) is 0 Å². The predicted molar refractivity (Wildman–Crippen MR) is 197 cm³/mol. The maximum absolute atomic E-state index is 14.2. The second-order valence-electron chi connectivity index (χ2n) is 16.7. The van der Waals surface area contributed by atoms with E-state index < -0.39 is 42.6 Å². The standard InChI is InChI=1S/C42H42F2N6O3/c1-23(2)38(51)36-32-14-26(47-17-35-27-5-3-4-6-30(27)40(50(35)22-47)41(53)18-42(43,44)19-41)10-12-29(32)34-16-46(21-49(34)36)25-9-11-28-31(13-25)37(39(52)24-7-8-24)48-20-45-15-33(28)48/h3-6,9-17,20,23-24,36-40,51-53H,7-8,18-19,21-22H2,1-2H3. The van der Waals surface area contributed by atoms with Gasteiger partial charge >= 0.3 is 0 Å². The fraction of sp³-hybridized carbons (Fsp3) is 0.405. The summed E-state index contributed by atoms with van der Waals surface area (Å²) in [5, 5.41) is 34.6. The average molecular weight is 717 g/mol. The molecule has 5 unspecified atom stereocenters. The number of hydrogen-bond donors (Lipinski definition) is 3. The minimum atomic E-state index is -2.86. The highest BCUT2D eigenvalue weighted by molar-refractivity contribution is 5.82. The van der Waals surface area contributed by atoms with Crippen molar-refractivity contribution in [3.63, 3.8) is 0 Å². The van der Waals surface area contributed by atoms with Crippen molar-refractivity contribution in [3.8, 4) is 11.3 Å². The number of anilines is 2. The molecule has 0 radical (unpaired) electrons. The van der Waals surface area contributed by atoms with E-state index in [1.807, 2.05) is 50.6 Å². The number of rotatable bonds is 7. The van der Waals surface area contributed by atoms with Crippen LogP contribution in [0.1, 0.15) is 85.5 Å². The summed E-state index contributed by atoms with van der Waals surface area (Å²) in [6.07, 6.45) is 7.90. The molecule has 0 spiro atoms. The summed E-state index contributed by atoms with van der Waals surface area (Å²) in [4.78, 5) is 13.1. The molecule has 2 aliphatic carbocycles. The molecule has 2 fully saturated rings. The number of benzene rings is 3. The van der Waals surface area contributed by atoms with E-state index in [9.17, 15) is 24.1 Å². The molecule has 0 amide bonds. The van der Waals surface area contributed by atoms with Crippen molar-refractivity contribution < 1.29 is 24.1 Å². The van der Waals surface area contributed by atoms with E-state index in [-0.39, 0.29) is 18.0 Å². The molecule has 9 nitrogen and oxygen atoms in total. The zero-order valence-corrected chi connectivity index (χ0v) is 29.6. The lowest BCUT2D eigenvalue weighted by atomic mass is 9.70. The summed E-state index contributed by atoms with van der Waals surface area (Å²) < 4.78 is 30.5. The van der Waals surface area contributed by atoms with Crippen LogP contribution in [0.4, 0.5) is 20.2 Å². The lowest BCUT2D eigenvalue weighted by molar-refractivity contribution is -0.226. The van der Waals surface area contributed by atoms with Gasteiger partial charge in [-0.2, -0.15) is 0 Å². The van der Waals surface area contributed by atoms with Crippen LogP contribution in [-0.4, -0.2) is 71.7 Å². The zero-order chi connectivity index (χ0) is 36.1. The topological polar surface area (TPSA) is 91.5 Å². The van der Waals surface area contributed by atoms with Crippen LogP contribution in [0.2, 0.25) is 0 Å². The van der Waals surface area contributed by atoms with Gasteiger partial charge in [-0.3, -0.25) is 0 Å². The summed E-state index contributed by atoms with van der Waals surface area (Å²) in [5.74, 6) is -2.53. The van der Waals surface area contributed by atoms with Crippen LogP contribution in [0.25, 0.3) is 22.7 Å². The first-order valence-electron chi connectivity index (χ1n) is 18.9. The highest BCUT2D eigenvalue weighted by atomic mass is 19.3. The number of imidazole rings is 1. The monoisotopic (exact) mass is 716 g/mol. The molecule has 3 aromatic carbocycles. The summed E-state index contributed by atoms with van der Waals surface area (Å²) in [5.41, 5.74) is 9.74. The molecule has 5 atom stereocenters. The number of aliphatic hydroxyl groups excluding tert-OH is 2. The van der Waals surface area contributed by atoms with Crippen molar-refractivity contribution in [3.05, 3.63) is 113 Å². The lowest BCUT2D eigenvalue weighted by Gasteiger charge is -2.49. The first-order valence-corrected chi connectivity index (χ1v) is 18.9. The van der Waals surface area contributed by atoms with Gasteiger partial charge in [-0.25, -0.2) is 13.8 Å². The van der Waals surface area contributed by atoms with E-state index in [1.54, 1.807) is 0 Å². The minimum Gasteiger partial charge on any atom is -0.390 e. The molecule has 5 aliphatic heterocycles. The fourth-order valence-corrected chi connectivity index (χ4v) is 10.2. The van der Waals surface area contributed by atoms with E-state index in [0.717, 1.165) is 74.7 Å². The molecule has 11 heteroatoms. The molecule has 11 rings (SSSR count). The number of aliphatic hydroxyl groups is 3. The van der Waals surface area contributed by atoms with E-state index in [1.165, 1.54) is 0 Å². The Balaban J connectivity index is 0.929. The number of alkyl halides is 2. The maximum atomic E-state index is 14.2. The largest absolute Gasteiger partial charge is 0.390 e. The number of halogens is 2. The van der Waals surface area contributed by atoms with Crippen molar-refractivity contribution >= 4 is 22.8 Å². The van der Waals surface area contributed by atoms with E-state index in [4.69, 9.17) is 0 Å². The molecule has 2 saturated carbocycles. The van der Waals surface area contributed by atoms with Gasteiger partial charge in [0.05, 0.1) is 73.3 Å². The number of hydrogen-bond acceptors (Lipinski definition) is 8. The van der Waals surface area contributed by atoms with E-state index >= 15 is 0 Å². The normalized spacial score (nSPS) is 26.5. The lowest BCUT2D eigenvalue weighted by Crippen LogP contribution is -2.58. The Morgan fingerprint density at radius 1 is 0.774 bits per heavy atom. The molecule has 272 valence electrons. The minimum absolute atomic E-state index is 0.0101. The molecular weight excluding hydrogens is 674 g/mol. The van der Waals surface area contributed by atoms with Gasteiger partial charge in [0.25, 0.3) is 5.92 Å². The highest BCUT2D eigenvalue weighted by Gasteiger charge is 2.63. The van der Waals surface area contributed by atoms with Crippen LogP contribution < -0.4 is 9.80 Å². The molecule has 0 bridgehead atoms. The van der Waals surface area contributed by atoms with Crippen LogP contribution in [0, 0.1) is 11.8 Å².